The number of hydrogen-bond donors (Lipinski definition) is 3. The Morgan fingerprint density at radius 2 is 1.60 bits per heavy atom. The molecule has 0 aliphatic carbocycles. The molecule has 0 unspecified atom stereocenters. The van der Waals surface area contributed by atoms with Gasteiger partial charge in [0.05, 0.1) is 24.5 Å². The van der Waals surface area contributed by atoms with Crippen molar-refractivity contribution >= 4 is 24.5 Å². The van der Waals surface area contributed by atoms with E-state index in [2.05, 4.69) is 4.13 Å². The minimum absolute atomic E-state index is 0.365. The second-order valence-electron chi connectivity index (χ2n) is 0.266. The van der Waals surface area contributed by atoms with Gasteiger partial charge in [0.15, 0.2) is 0 Å². The Labute approximate surface area is 38.4 Å². The molecule has 0 amide bonds. The van der Waals surface area contributed by atoms with Crippen LogP contribution in [-0.4, -0.2) is 9.11 Å². The first-order valence-electron chi connectivity index (χ1n) is 0.773. The summed E-state index contributed by atoms with van der Waals surface area (Å²) in [5.74, 6) is 0. The van der Waals surface area contributed by atoms with Crippen LogP contribution in [-0.2, 0) is 0 Å². The summed E-state index contributed by atoms with van der Waals surface area (Å²) in [6.45, 7) is 0. The smallest absolute Gasteiger partial charge is 0.0889 e. The molecule has 0 heterocycles. The molecule has 0 spiro atoms. The number of nitrogens with one attached hydrogen (secondary N) is 1. The molecule has 0 fully saturated rings. The largest absolute Gasteiger partial charge is 0.316 e. The van der Waals surface area contributed by atoms with Crippen LogP contribution < -0.4 is 4.13 Å². The highest BCUT2D eigenvalue weighted by atomic mass is 32.2. The van der Waals surface area contributed by atoms with Gasteiger partial charge in [0.25, 0.3) is 0 Å². The van der Waals surface area contributed by atoms with Gasteiger partial charge in [-0.3, -0.25) is 0 Å². The topological polar surface area (TPSA) is 52.5 Å². The van der Waals surface area contributed by atoms with Gasteiger partial charge in [0.2, 0.25) is 0 Å². The fourth-order valence-electron chi connectivity index (χ4n) is 0.0167. The van der Waals surface area contributed by atoms with Crippen molar-refractivity contribution in [3.8, 4) is 0 Å². The molecule has 0 saturated heterocycles. The van der Waals surface area contributed by atoms with Crippen LogP contribution in [0, 0.1) is 0 Å². The summed E-state index contributed by atoms with van der Waals surface area (Å²) in [7, 11) is 0. The minimum Gasteiger partial charge on any atom is -0.316 e. The second-order valence-corrected chi connectivity index (χ2v) is 1.30. The summed E-state index contributed by atoms with van der Waals surface area (Å²) < 4.78 is 17.4. The molecule has 0 saturated carbocycles. The van der Waals surface area contributed by atoms with Crippen LogP contribution in [0.5, 0.6) is 0 Å². The maximum atomic E-state index is 7.69. The molecule has 0 aliphatic rings. The van der Waals surface area contributed by atoms with Gasteiger partial charge in [-0.1, -0.05) is 0 Å². The Morgan fingerprint density at radius 1 is 1.20 bits per heavy atom. The molecular formula is H3NO2S2. The highest BCUT2D eigenvalue weighted by Crippen LogP contribution is 1.88. The molecule has 0 rings (SSSR count). The summed E-state index contributed by atoms with van der Waals surface area (Å²) in [6, 6.07) is 0. The first-order valence-corrected chi connectivity index (χ1v) is 2.32. The van der Waals surface area contributed by atoms with E-state index in [4.69, 9.17) is 9.11 Å². The first-order chi connectivity index (χ1) is 2.41. The monoisotopic (exact) mass is 113 g/mol. The van der Waals surface area contributed by atoms with Gasteiger partial charge in [-0.15, -0.1) is 0 Å². The number of hydrogen-bond acceptors (Lipinski definition) is 5. The molecule has 0 atom stereocenters. The van der Waals surface area contributed by atoms with Crippen molar-refractivity contribution in [3.05, 3.63) is 0 Å². The molecule has 0 radical (unpaired) electrons. The van der Waals surface area contributed by atoms with Crippen LogP contribution >= 0.6 is 24.5 Å². The third kappa shape index (κ3) is 4.58. The van der Waals surface area contributed by atoms with Crippen LogP contribution in [0.2, 0.25) is 0 Å². The zero-order valence-electron chi connectivity index (χ0n) is 2.21. The van der Waals surface area contributed by atoms with Gasteiger partial charge in [0.1, 0.15) is 0 Å². The third-order valence-electron chi connectivity index (χ3n) is 0.0745. The predicted octanol–water partition coefficient (Wildman–Crippen LogP) is 0.818. The van der Waals surface area contributed by atoms with Crippen LogP contribution in [0.25, 0.3) is 0 Å². The van der Waals surface area contributed by atoms with Crippen molar-refractivity contribution in [3.63, 3.8) is 0 Å². The molecule has 32 valence electrons. The van der Waals surface area contributed by atoms with Gasteiger partial charge >= 0.3 is 0 Å². The molecule has 0 aliphatic heterocycles. The normalized spacial score (nSPS) is 8.40. The maximum absolute atomic E-state index is 7.69. The summed E-state index contributed by atoms with van der Waals surface area (Å²) in [5, 5.41) is 0. The second kappa shape index (κ2) is 4.58. The molecule has 0 aromatic carbocycles. The van der Waals surface area contributed by atoms with E-state index in [1.54, 1.807) is 0 Å². The molecule has 5 heteroatoms. The Hall–Kier alpha value is 0.580. The van der Waals surface area contributed by atoms with Gasteiger partial charge < -0.3 is 9.11 Å². The van der Waals surface area contributed by atoms with Gasteiger partial charge in [0, 0.05) is 0 Å². The van der Waals surface area contributed by atoms with Crippen molar-refractivity contribution in [1.82, 2.24) is 4.13 Å². The highest BCUT2D eigenvalue weighted by molar-refractivity contribution is 8.07. The van der Waals surface area contributed by atoms with Crippen LogP contribution in [0.3, 0.4) is 0 Å². The van der Waals surface area contributed by atoms with E-state index in [1.165, 1.54) is 0 Å². The predicted molar refractivity (Wildman–Crippen MR) is 23.6 cm³/mol. The zero-order chi connectivity index (χ0) is 4.12. The fourth-order valence-corrected chi connectivity index (χ4v) is 0.150. The van der Waals surface area contributed by atoms with Crippen molar-refractivity contribution in [2.75, 3.05) is 0 Å². The van der Waals surface area contributed by atoms with Crippen molar-refractivity contribution in [1.29, 1.82) is 0 Å². The van der Waals surface area contributed by atoms with Crippen molar-refractivity contribution in [2.24, 2.45) is 0 Å². The first kappa shape index (κ1) is 5.58. The van der Waals surface area contributed by atoms with E-state index in [9.17, 15) is 0 Å². The van der Waals surface area contributed by atoms with Gasteiger partial charge in [-0.05, 0) is 0 Å². The van der Waals surface area contributed by atoms with E-state index in [-0.39, 0.29) is 0 Å². The Bertz CT molecular complexity index is 15.1. The molecule has 5 heavy (non-hydrogen) atoms. The van der Waals surface area contributed by atoms with Crippen LogP contribution in [0.15, 0.2) is 0 Å². The van der Waals surface area contributed by atoms with Crippen LogP contribution in [0.4, 0.5) is 0 Å². The lowest BCUT2D eigenvalue weighted by Crippen LogP contribution is -1.81. The van der Waals surface area contributed by atoms with E-state index in [0.717, 1.165) is 0 Å². The summed E-state index contributed by atoms with van der Waals surface area (Å²) in [6.07, 6.45) is 0. The quantitative estimate of drug-likeness (QED) is 0.365. The molecule has 3 nitrogen and oxygen atoms in total. The maximum Gasteiger partial charge on any atom is 0.0889 e. The van der Waals surface area contributed by atoms with E-state index in [0.29, 0.717) is 24.5 Å². The Kier molecular flexibility index (Phi) is 5.11. The SMILES string of the molecule is OSNSO. The standard InChI is InChI=1S/H3NO2S2/c2-4-1-5-3/h1-3H. The van der Waals surface area contributed by atoms with Gasteiger partial charge in [-0.25, -0.2) is 0 Å². The van der Waals surface area contributed by atoms with E-state index >= 15 is 0 Å². The zero-order valence-corrected chi connectivity index (χ0v) is 3.84. The minimum atomic E-state index is 0.365. The Morgan fingerprint density at radius 3 is 1.60 bits per heavy atom. The van der Waals surface area contributed by atoms with Gasteiger partial charge in [-0.2, -0.15) is 4.13 Å². The molecule has 0 aromatic rings. The molecule has 0 bridgehead atoms. The highest BCUT2D eigenvalue weighted by Gasteiger charge is 1.68. The summed E-state index contributed by atoms with van der Waals surface area (Å²) >= 11 is 0.729. The summed E-state index contributed by atoms with van der Waals surface area (Å²) in [5.41, 5.74) is 0. The fraction of sp³-hybridized carbons (Fsp3) is 0. The van der Waals surface area contributed by atoms with Crippen molar-refractivity contribution in [2.45, 2.75) is 0 Å². The van der Waals surface area contributed by atoms with E-state index in [1.807, 2.05) is 0 Å². The van der Waals surface area contributed by atoms with Crippen molar-refractivity contribution < 1.29 is 9.11 Å². The lowest BCUT2D eigenvalue weighted by molar-refractivity contribution is 0.647. The molecule has 3 N–H and O–H groups in total. The van der Waals surface area contributed by atoms with E-state index < -0.39 is 0 Å². The summed E-state index contributed by atoms with van der Waals surface area (Å²) in [4.78, 5) is 0. The lowest BCUT2D eigenvalue weighted by Gasteiger charge is -1.80. The average Bonchev–Trinajstić information content (AvgIpc) is 1.41. The third-order valence-corrected chi connectivity index (χ3v) is 0.671. The Balaban J connectivity index is 2.19. The molecule has 0 aromatic heterocycles. The molecular weight excluding hydrogens is 110 g/mol. The average molecular weight is 113 g/mol. The number of rotatable bonds is 2. The van der Waals surface area contributed by atoms with Crippen LogP contribution in [0.1, 0.15) is 0 Å². The lowest BCUT2D eigenvalue weighted by atomic mass is 13.9.